The monoisotopic (exact) mass is 411 g/mol. The minimum atomic E-state index is -0.604. The van der Waals surface area contributed by atoms with E-state index in [0.717, 1.165) is 17.7 Å². The highest BCUT2D eigenvalue weighted by Gasteiger charge is 2.30. The zero-order valence-corrected chi connectivity index (χ0v) is 16.4. The third-order valence-corrected chi connectivity index (χ3v) is 4.79. The number of hydrogen-bond donors (Lipinski definition) is 1. The van der Waals surface area contributed by atoms with Crippen LogP contribution in [0.4, 0.5) is 11.4 Å². The average Bonchev–Trinajstić information content (AvgIpc) is 3.07. The van der Waals surface area contributed by atoms with Crippen molar-refractivity contribution >= 4 is 29.2 Å². The van der Waals surface area contributed by atoms with E-state index in [1.165, 1.54) is 24.3 Å². The summed E-state index contributed by atoms with van der Waals surface area (Å²) < 4.78 is 5.05. The summed E-state index contributed by atoms with van der Waals surface area (Å²) in [6.07, 6.45) is 0.655. The zero-order chi connectivity index (χ0) is 21.7. The molecule has 0 radical (unpaired) electrons. The molecule has 0 fully saturated rings. The van der Waals surface area contributed by atoms with E-state index < -0.39 is 16.8 Å². The van der Waals surface area contributed by atoms with Crippen LogP contribution in [0, 0.1) is 10.1 Å². The number of carbonyl (C=O) groups is 3. The second kappa shape index (κ2) is 9.17. The van der Waals surface area contributed by atoms with Crippen LogP contribution in [0.1, 0.15) is 29.3 Å². The zero-order valence-electron chi connectivity index (χ0n) is 16.4. The number of nitro benzene ring substituents is 1. The van der Waals surface area contributed by atoms with Gasteiger partial charge in [-0.15, -0.1) is 0 Å². The van der Waals surface area contributed by atoms with Crippen LogP contribution < -0.4 is 10.2 Å². The number of nitrogens with one attached hydrogen (secondary N) is 1. The Morgan fingerprint density at radius 1 is 1.17 bits per heavy atom. The van der Waals surface area contributed by atoms with Crippen LogP contribution in [0.5, 0.6) is 0 Å². The fraction of sp³-hybridized carbons (Fsp3) is 0.286. The summed E-state index contributed by atoms with van der Waals surface area (Å²) in [5.41, 5.74) is 2.04. The number of carbonyl (C=O) groups excluding carboxylic acids is 3. The van der Waals surface area contributed by atoms with Gasteiger partial charge in [-0.25, -0.2) is 0 Å². The Morgan fingerprint density at radius 2 is 1.87 bits per heavy atom. The van der Waals surface area contributed by atoms with Crippen LogP contribution in [0.15, 0.2) is 48.5 Å². The van der Waals surface area contributed by atoms with E-state index in [-0.39, 0.29) is 42.8 Å². The lowest BCUT2D eigenvalue weighted by Crippen LogP contribution is -2.39. The Hall–Kier alpha value is -3.75. The number of esters is 1. The number of non-ortho nitro benzene ring substituents is 1. The van der Waals surface area contributed by atoms with Gasteiger partial charge in [0.05, 0.1) is 11.3 Å². The summed E-state index contributed by atoms with van der Waals surface area (Å²) >= 11 is 0. The quantitative estimate of drug-likeness (QED) is 0.424. The number of amides is 2. The molecule has 3 rings (SSSR count). The first-order valence-electron chi connectivity index (χ1n) is 9.45. The van der Waals surface area contributed by atoms with Crippen molar-refractivity contribution in [2.75, 3.05) is 18.1 Å². The van der Waals surface area contributed by atoms with E-state index in [0.29, 0.717) is 0 Å². The highest BCUT2D eigenvalue weighted by molar-refractivity contribution is 5.98. The molecule has 1 unspecified atom stereocenters. The molecule has 1 aliphatic heterocycles. The second-order valence-corrected chi connectivity index (χ2v) is 6.92. The van der Waals surface area contributed by atoms with Crippen LogP contribution in [0.3, 0.4) is 0 Å². The normalized spacial score (nSPS) is 14.7. The van der Waals surface area contributed by atoms with Gasteiger partial charge in [0, 0.05) is 36.0 Å². The van der Waals surface area contributed by atoms with Gasteiger partial charge in [-0.2, -0.15) is 0 Å². The molecule has 9 nitrogen and oxygen atoms in total. The predicted molar refractivity (Wildman–Crippen MR) is 108 cm³/mol. The highest BCUT2D eigenvalue weighted by Crippen LogP contribution is 2.31. The van der Waals surface area contributed by atoms with Gasteiger partial charge in [0.15, 0.2) is 6.61 Å². The molecule has 2 aromatic rings. The lowest BCUT2D eigenvalue weighted by atomic mass is 10.1. The number of fused-ring (bicyclic) bond motifs is 1. The summed E-state index contributed by atoms with van der Waals surface area (Å²) in [4.78, 5) is 48.1. The first kappa shape index (κ1) is 21.0. The molecule has 0 saturated carbocycles. The molecule has 1 heterocycles. The number of anilines is 1. The largest absolute Gasteiger partial charge is 0.455 e. The lowest BCUT2D eigenvalue weighted by molar-refractivity contribution is -0.384. The van der Waals surface area contributed by atoms with Crippen LogP contribution in [-0.2, 0) is 20.7 Å². The second-order valence-electron chi connectivity index (χ2n) is 6.92. The molecular formula is C21H21N3O6. The summed E-state index contributed by atoms with van der Waals surface area (Å²) in [6, 6.07) is 12.7. The third-order valence-electron chi connectivity index (χ3n) is 4.79. The summed E-state index contributed by atoms with van der Waals surface area (Å²) in [7, 11) is 0. The molecule has 0 saturated heterocycles. The number of nitrogens with zero attached hydrogens (tertiary/aromatic N) is 2. The topological polar surface area (TPSA) is 119 Å². The molecule has 0 aliphatic carbocycles. The van der Waals surface area contributed by atoms with Crippen molar-refractivity contribution in [3.8, 4) is 0 Å². The van der Waals surface area contributed by atoms with E-state index in [9.17, 15) is 24.5 Å². The molecule has 1 N–H and O–H groups in total. The van der Waals surface area contributed by atoms with Crippen LogP contribution in [-0.4, -0.2) is 41.9 Å². The molecule has 2 aromatic carbocycles. The van der Waals surface area contributed by atoms with Gasteiger partial charge in [0.1, 0.15) is 0 Å². The fourth-order valence-corrected chi connectivity index (χ4v) is 3.34. The van der Waals surface area contributed by atoms with E-state index in [1.54, 1.807) is 4.90 Å². The maximum absolute atomic E-state index is 12.5. The third kappa shape index (κ3) is 4.80. The van der Waals surface area contributed by atoms with Crippen molar-refractivity contribution < 1.29 is 24.0 Å². The molecule has 2 amide bonds. The van der Waals surface area contributed by atoms with Gasteiger partial charge in [-0.05, 0) is 37.1 Å². The molecular weight excluding hydrogens is 390 g/mol. The van der Waals surface area contributed by atoms with Crippen molar-refractivity contribution in [2.45, 2.75) is 25.8 Å². The predicted octanol–water partition coefficient (Wildman–Crippen LogP) is 2.24. The minimum absolute atomic E-state index is 0.00501. The van der Waals surface area contributed by atoms with Crippen molar-refractivity contribution in [3.05, 3.63) is 69.8 Å². The highest BCUT2D eigenvalue weighted by atomic mass is 16.6. The van der Waals surface area contributed by atoms with Gasteiger partial charge in [0.2, 0.25) is 0 Å². The number of hydrogen-bond acceptors (Lipinski definition) is 6. The number of nitro groups is 1. The Morgan fingerprint density at radius 3 is 2.57 bits per heavy atom. The van der Waals surface area contributed by atoms with Crippen molar-refractivity contribution in [1.82, 2.24) is 5.32 Å². The maximum Gasteiger partial charge on any atom is 0.308 e. The summed E-state index contributed by atoms with van der Waals surface area (Å²) in [6.45, 7) is 1.59. The molecule has 156 valence electrons. The summed E-state index contributed by atoms with van der Waals surface area (Å²) in [5.74, 6) is -1.36. The molecule has 0 aromatic heterocycles. The smallest absolute Gasteiger partial charge is 0.308 e. The molecule has 1 aliphatic rings. The number of para-hydroxylation sites is 1. The van der Waals surface area contributed by atoms with Crippen LogP contribution in [0.2, 0.25) is 0 Å². The Balaban J connectivity index is 1.42. The number of ether oxygens (including phenoxy) is 1. The Bertz CT molecular complexity index is 973. The van der Waals surface area contributed by atoms with Gasteiger partial charge in [0.25, 0.3) is 17.5 Å². The number of rotatable bonds is 7. The van der Waals surface area contributed by atoms with E-state index >= 15 is 0 Å². The van der Waals surface area contributed by atoms with Crippen molar-refractivity contribution in [1.29, 1.82) is 0 Å². The number of benzene rings is 2. The van der Waals surface area contributed by atoms with E-state index in [4.69, 9.17) is 4.74 Å². The fourth-order valence-electron chi connectivity index (χ4n) is 3.34. The molecule has 9 heteroatoms. The SMILES string of the molecule is CC1Cc2ccccc2N1C(=O)COC(=O)CCNC(=O)c1ccc([N+](=O)[O-])cc1. The Kier molecular flexibility index (Phi) is 6.41. The van der Waals surface area contributed by atoms with Gasteiger partial charge in [-0.1, -0.05) is 18.2 Å². The van der Waals surface area contributed by atoms with Crippen LogP contribution in [0.25, 0.3) is 0 Å². The standard InChI is InChI=1S/C21H21N3O6/c1-14-12-16-4-2-3-5-18(16)23(14)19(25)13-30-20(26)10-11-22-21(27)15-6-8-17(9-7-15)24(28)29/h2-9,14H,10-13H2,1H3,(H,22,27). The van der Waals surface area contributed by atoms with Crippen molar-refractivity contribution in [3.63, 3.8) is 0 Å². The Labute approximate surface area is 172 Å². The van der Waals surface area contributed by atoms with E-state index in [2.05, 4.69) is 5.32 Å². The van der Waals surface area contributed by atoms with Gasteiger partial charge in [-0.3, -0.25) is 24.5 Å². The summed E-state index contributed by atoms with van der Waals surface area (Å²) in [5, 5.41) is 13.2. The average molecular weight is 411 g/mol. The first-order chi connectivity index (χ1) is 14.4. The minimum Gasteiger partial charge on any atom is -0.455 e. The maximum atomic E-state index is 12.5. The lowest BCUT2D eigenvalue weighted by Gasteiger charge is -2.22. The van der Waals surface area contributed by atoms with E-state index in [1.807, 2.05) is 31.2 Å². The molecule has 30 heavy (non-hydrogen) atoms. The van der Waals surface area contributed by atoms with Gasteiger partial charge < -0.3 is 15.0 Å². The molecule has 0 spiro atoms. The molecule has 1 atom stereocenters. The van der Waals surface area contributed by atoms with Crippen molar-refractivity contribution in [2.24, 2.45) is 0 Å². The first-order valence-corrected chi connectivity index (χ1v) is 9.45. The molecule has 0 bridgehead atoms. The van der Waals surface area contributed by atoms with Crippen LogP contribution >= 0.6 is 0 Å². The van der Waals surface area contributed by atoms with Gasteiger partial charge >= 0.3 is 5.97 Å².